The van der Waals surface area contributed by atoms with Crippen LogP contribution in [0.4, 0.5) is 5.13 Å². The van der Waals surface area contributed by atoms with Crippen molar-refractivity contribution in [1.29, 1.82) is 0 Å². The van der Waals surface area contributed by atoms with Crippen LogP contribution >= 0.6 is 11.3 Å². The zero-order chi connectivity index (χ0) is 18.6. The number of hydrogen-bond donors (Lipinski definition) is 1. The molecular formula is C21H23N5S. The summed E-state index contributed by atoms with van der Waals surface area (Å²) in [6, 6.07) is 17.0. The Bertz CT molecular complexity index is 1050. The van der Waals surface area contributed by atoms with Gasteiger partial charge < -0.3 is 9.47 Å². The van der Waals surface area contributed by atoms with E-state index in [-0.39, 0.29) is 0 Å². The standard InChI is InChI=1S/C21H23N5S/c1-25(2)13-7-14-26-18-10-5-3-8-16(18)20(17-9-4-6-11-19(17)26)23-24-21-22-12-15-27-21/h3-6,8-12,15H,7,13-14H2,1-2H3,(H,22,24). The van der Waals surface area contributed by atoms with Gasteiger partial charge in [-0.25, -0.2) is 4.98 Å². The van der Waals surface area contributed by atoms with E-state index in [9.17, 15) is 0 Å². The van der Waals surface area contributed by atoms with E-state index in [0.29, 0.717) is 0 Å². The Balaban J connectivity index is 1.91. The maximum Gasteiger partial charge on any atom is 0.203 e. The summed E-state index contributed by atoms with van der Waals surface area (Å²) in [7, 11) is 4.24. The Kier molecular flexibility index (Phi) is 5.18. The van der Waals surface area contributed by atoms with Crippen molar-refractivity contribution < 1.29 is 0 Å². The first-order valence-electron chi connectivity index (χ1n) is 9.08. The molecule has 0 fully saturated rings. The Morgan fingerprint density at radius 2 is 1.70 bits per heavy atom. The highest BCUT2D eigenvalue weighted by Gasteiger charge is 2.09. The van der Waals surface area contributed by atoms with Crippen molar-refractivity contribution in [1.82, 2.24) is 14.5 Å². The maximum absolute atomic E-state index is 4.73. The van der Waals surface area contributed by atoms with Gasteiger partial charge in [-0.3, -0.25) is 5.43 Å². The predicted octanol–water partition coefficient (Wildman–Crippen LogP) is 4.13. The molecule has 0 atom stereocenters. The number of benzene rings is 2. The first kappa shape index (κ1) is 17.7. The summed E-state index contributed by atoms with van der Waals surface area (Å²) in [5.41, 5.74) is 5.53. The van der Waals surface area contributed by atoms with Gasteiger partial charge in [0.15, 0.2) is 0 Å². The number of rotatable bonds is 6. The molecule has 0 radical (unpaired) electrons. The highest BCUT2D eigenvalue weighted by Crippen LogP contribution is 2.20. The molecule has 0 aliphatic carbocycles. The van der Waals surface area contributed by atoms with E-state index in [1.54, 1.807) is 17.5 Å². The van der Waals surface area contributed by atoms with Crippen molar-refractivity contribution in [2.75, 3.05) is 26.1 Å². The fourth-order valence-corrected chi connectivity index (χ4v) is 3.85. The molecule has 0 aliphatic rings. The lowest BCUT2D eigenvalue weighted by molar-refractivity contribution is 0.389. The SMILES string of the molecule is CN(C)CCCn1c2ccccc2c(=NNc2nccs2)c2ccccc21. The van der Waals surface area contributed by atoms with Gasteiger partial charge in [0.05, 0.1) is 11.0 Å². The molecule has 0 saturated heterocycles. The molecule has 5 nitrogen and oxygen atoms in total. The molecule has 27 heavy (non-hydrogen) atoms. The molecule has 6 heteroatoms. The molecule has 0 amide bonds. The molecule has 4 aromatic rings. The topological polar surface area (TPSA) is 45.5 Å². The van der Waals surface area contributed by atoms with Gasteiger partial charge in [0, 0.05) is 28.9 Å². The molecule has 0 unspecified atom stereocenters. The van der Waals surface area contributed by atoms with E-state index in [0.717, 1.165) is 40.8 Å². The second kappa shape index (κ2) is 7.90. The molecule has 0 saturated carbocycles. The van der Waals surface area contributed by atoms with Gasteiger partial charge in [-0.1, -0.05) is 36.4 Å². The van der Waals surface area contributed by atoms with Crippen molar-refractivity contribution in [2.24, 2.45) is 5.10 Å². The number of hydrogen-bond acceptors (Lipinski definition) is 5. The number of aryl methyl sites for hydroxylation is 1. The minimum atomic E-state index is 0.797. The quantitative estimate of drug-likeness (QED) is 0.406. The maximum atomic E-state index is 4.73. The Labute approximate surface area is 162 Å². The van der Waals surface area contributed by atoms with Crippen molar-refractivity contribution in [2.45, 2.75) is 13.0 Å². The van der Waals surface area contributed by atoms with Gasteiger partial charge >= 0.3 is 0 Å². The lowest BCUT2D eigenvalue weighted by atomic mass is 10.1. The average molecular weight is 378 g/mol. The number of nitrogens with one attached hydrogen (secondary N) is 1. The minimum absolute atomic E-state index is 0.797. The fraction of sp³-hybridized carbons (Fsp3) is 0.238. The highest BCUT2D eigenvalue weighted by molar-refractivity contribution is 7.13. The van der Waals surface area contributed by atoms with Crippen LogP contribution in [-0.2, 0) is 6.54 Å². The van der Waals surface area contributed by atoms with Crippen LogP contribution in [0.5, 0.6) is 0 Å². The molecule has 4 rings (SSSR count). The molecule has 2 aromatic carbocycles. The fourth-order valence-electron chi connectivity index (χ4n) is 3.38. The summed E-state index contributed by atoms with van der Waals surface area (Å²) in [6.45, 7) is 2.03. The molecule has 0 spiro atoms. The van der Waals surface area contributed by atoms with Gasteiger partial charge in [0.25, 0.3) is 0 Å². The van der Waals surface area contributed by atoms with Gasteiger partial charge in [0.1, 0.15) is 5.36 Å². The molecule has 0 aliphatic heterocycles. The summed E-state index contributed by atoms with van der Waals surface area (Å²) in [5, 5.41) is 10.7. The Morgan fingerprint density at radius 1 is 1.04 bits per heavy atom. The predicted molar refractivity (Wildman–Crippen MR) is 114 cm³/mol. The lowest BCUT2D eigenvalue weighted by Gasteiger charge is -2.17. The van der Waals surface area contributed by atoms with Crippen LogP contribution < -0.4 is 10.8 Å². The number of nitrogens with zero attached hydrogens (tertiary/aromatic N) is 4. The van der Waals surface area contributed by atoms with Crippen LogP contribution in [0, 0.1) is 0 Å². The summed E-state index contributed by atoms with van der Waals surface area (Å²) in [5.74, 6) is 0. The zero-order valence-corrected chi connectivity index (χ0v) is 16.4. The largest absolute Gasteiger partial charge is 0.340 e. The summed E-state index contributed by atoms with van der Waals surface area (Å²) in [6.07, 6.45) is 2.88. The van der Waals surface area contributed by atoms with Crippen LogP contribution in [0.15, 0.2) is 65.2 Å². The van der Waals surface area contributed by atoms with Crippen LogP contribution in [0.25, 0.3) is 21.8 Å². The normalized spacial score (nSPS) is 11.4. The number of aromatic nitrogens is 2. The third kappa shape index (κ3) is 3.72. The average Bonchev–Trinajstić information content (AvgIpc) is 3.20. The third-order valence-electron chi connectivity index (χ3n) is 4.58. The van der Waals surface area contributed by atoms with Crippen LogP contribution in [0.1, 0.15) is 6.42 Å². The second-order valence-corrected chi connectivity index (χ2v) is 7.65. The summed E-state index contributed by atoms with van der Waals surface area (Å²) < 4.78 is 2.41. The number of fused-ring (bicyclic) bond motifs is 2. The minimum Gasteiger partial charge on any atom is -0.340 e. The molecular weight excluding hydrogens is 354 g/mol. The number of para-hydroxylation sites is 2. The van der Waals surface area contributed by atoms with Crippen LogP contribution in [0.3, 0.4) is 0 Å². The highest BCUT2D eigenvalue weighted by atomic mass is 32.1. The first-order chi connectivity index (χ1) is 13.2. The van der Waals surface area contributed by atoms with Gasteiger partial charge in [-0.15, -0.1) is 11.3 Å². The van der Waals surface area contributed by atoms with Crippen molar-refractivity contribution in [3.63, 3.8) is 0 Å². The summed E-state index contributed by atoms with van der Waals surface area (Å²) in [4.78, 5) is 6.50. The Hall–Kier alpha value is -2.70. The van der Waals surface area contributed by atoms with E-state index in [1.807, 2.05) is 5.38 Å². The number of pyridine rings is 1. The van der Waals surface area contributed by atoms with Crippen molar-refractivity contribution in [3.05, 3.63) is 65.5 Å². The van der Waals surface area contributed by atoms with E-state index < -0.39 is 0 Å². The third-order valence-corrected chi connectivity index (χ3v) is 5.26. The molecule has 2 heterocycles. The van der Waals surface area contributed by atoms with Crippen LogP contribution in [-0.4, -0.2) is 35.1 Å². The van der Waals surface area contributed by atoms with Crippen LogP contribution in [0.2, 0.25) is 0 Å². The lowest BCUT2D eigenvalue weighted by Crippen LogP contribution is -2.18. The van der Waals surface area contributed by atoms with E-state index in [1.165, 1.54) is 11.0 Å². The van der Waals surface area contributed by atoms with E-state index >= 15 is 0 Å². The Morgan fingerprint density at radius 3 is 2.30 bits per heavy atom. The smallest absolute Gasteiger partial charge is 0.203 e. The molecule has 2 aromatic heterocycles. The van der Waals surface area contributed by atoms with E-state index in [4.69, 9.17) is 5.10 Å². The first-order valence-corrected chi connectivity index (χ1v) is 9.96. The second-order valence-electron chi connectivity index (χ2n) is 6.75. The summed E-state index contributed by atoms with van der Waals surface area (Å²) >= 11 is 1.54. The van der Waals surface area contributed by atoms with Crippen molar-refractivity contribution in [3.8, 4) is 0 Å². The van der Waals surface area contributed by atoms with Gasteiger partial charge in [-0.05, 0) is 39.2 Å². The molecule has 0 bridgehead atoms. The van der Waals surface area contributed by atoms with Gasteiger partial charge in [-0.2, -0.15) is 5.10 Å². The monoisotopic (exact) mass is 377 g/mol. The van der Waals surface area contributed by atoms with E-state index in [2.05, 4.69) is 82.5 Å². The molecule has 138 valence electrons. The van der Waals surface area contributed by atoms with Gasteiger partial charge in [0.2, 0.25) is 5.13 Å². The van der Waals surface area contributed by atoms with Crippen molar-refractivity contribution >= 4 is 38.3 Å². The zero-order valence-electron chi connectivity index (χ0n) is 15.6. The number of thiazole rings is 1. The molecule has 1 N–H and O–H groups in total. The number of anilines is 1.